The van der Waals surface area contributed by atoms with Crippen LogP contribution in [0.15, 0.2) is 24.3 Å². The summed E-state index contributed by atoms with van der Waals surface area (Å²) in [5, 5.41) is 9.15. The van der Waals surface area contributed by atoms with E-state index < -0.39 is 12.0 Å². The highest BCUT2D eigenvalue weighted by atomic mass is 16.5. The van der Waals surface area contributed by atoms with Gasteiger partial charge in [0.25, 0.3) is 0 Å². The molecule has 0 unspecified atom stereocenters. The second-order valence-electron chi connectivity index (χ2n) is 3.66. The summed E-state index contributed by atoms with van der Waals surface area (Å²) in [4.78, 5) is 11.4. The number of phenols is 1. The summed E-state index contributed by atoms with van der Waals surface area (Å²) in [6, 6.07) is 5.97. The lowest BCUT2D eigenvalue weighted by Crippen LogP contribution is -2.37. The van der Waals surface area contributed by atoms with Gasteiger partial charge in [0.1, 0.15) is 11.8 Å². The predicted octanol–water partition coefficient (Wildman–Crippen LogP) is 1.39. The van der Waals surface area contributed by atoms with Gasteiger partial charge in [-0.25, -0.2) is 0 Å². The van der Waals surface area contributed by atoms with Crippen molar-refractivity contribution in [2.24, 2.45) is 5.73 Å². The van der Waals surface area contributed by atoms with Gasteiger partial charge in [0, 0.05) is 5.92 Å². The Morgan fingerprint density at radius 2 is 2.00 bits per heavy atom. The molecule has 1 aromatic carbocycles. The number of aromatic hydroxyl groups is 1. The van der Waals surface area contributed by atoms with Crippen LogP contribution in [0, 0.1) is 0 Å². The summed E-state index contributed by atoms with van der Waals surface area (Å²) in [7, 11) is 0. The van der Waals surface area contributed by atoms with Crippen LogP contribution in [0.25, 0.3) is 0 Å². The summed E-state index contributed by atoms with van der Waals surface area (Å²) in [6.07, 6.45) is 0. The van der Waals surface area contributed by atoms with Crippen LogP contribution < -0.4 is 5.73 Å². The molecule has 0 fully saturated rings. The highest BCUT2D eigenvalue weighted by molar-refractivity contribution is 5.76. The first kappa shape index (κ1) is 12.5. The van der Waals surface area contributed by atoms with Gasteiger partial charge >= 0.3 is 5.97 Å². The second kappa shape index (κ2) is 5.51. The maximum atomic E-state index is 11.4. The first-order valence-corrected chi connectivity index (χ1v) is 5.27. The zero-order chi connectivity index (χ0) is 12.1. The largest absolute Gasteiger partial charge is 0.508 e. The van der Waals surface area contributed by atoms with Crippen LogP contribution in [0.1, 0.15) is 25.3 Å². The minimum atomic E-state index is -0.676. The molecule has 0 radical (unpaired) electrons. The van der Waals surface area contributed by atoms with Crippen LogP contribution >= 0.6 is 0 Å². The molecule has 2 atom stereocenters. The summed E-state index contributed by atoms with van der Waals surface area (Å²) >= 11 is 0. The quantitative estimate of drug-likeness (QED) is 0.756. The zero-order valence-corrected chi connectivity index (χ0v) is 9.51. The Bertz CT molecular complexity index is 348. The van der Waals surface area contributed by atoms with Gasteiger partial charge in [-0.2, -0.15) is 0 Å². The third-order valence-corrected chi connectivity index (χ3v) is 2.52. The van der Waals surface area contributed by atoms with Gasteiger partial charge in [-0.05, 0) is 24.6 Å². The van der Waals surface area contributed by atoms with E-state index in [2.05, 4.69) is 0 Å². The number of hydrogen-bond acceptors (Lipinski definition) is 4. The van der Waals surface area contributed by atoms with Gasteiger partial charge in [0.2, 0.25) is 0 Å². The minimum absolute atomic E-state index is 0.139. The van der Waals surface area contributed by atoms with E-state index in [1.165, 1.54) is 0 Å². The van der Waals surface area contributed by atoms with Gasteiger partial charge in [0.15, 0.2) is 0 Å². The molecule has 0 heterocycles. The molecule has 0 saturated carbocycles. The highest BCUT2D eigenvalue weighted by Gasteiger charge is 2.23. The first-order valence-electron chi connectivity index (χ1n) is 5.27. The second-order valence-corrected chi connectivity index (χ2v) is 3.66. The van der Waals surface area contributed by atoms with Crippen molar-refractivity contribution in [2.45, 2.75) is 25.8 Å². The number of carbonyl (C=O) groups excluding carboxylic acids is 1. The maximum Gasteiger partial charge on any atom is 0.323 e. The number of ether oxygens (including phenoxy) is 1. The van der Waals surface area contributed by atoms with E-state index >= 15 is 0 Å². The molecule has 0 saturated heterocycles. The monoisotopic (exact) mass is 223 g/mol. The molecule has 3 N–H and O–H groups in total. The molecule has 0 aliphatic heterocycles. The van der Waals surface area contributed by atoms with Gasteiger partial charge in [0.05, 0.1) is 6.61 Å². The molecule has 0 amide bonds. The fourth-order valence-electron chi connectivity index (χ4n) is 1.43. The third-order valence-electron chi connectivity index (χ3n) is 2.52. The van der Waals surface area contributed by atoms with E-state index in [4.69, 9.17) is 15.6 Å². The van der Waals surface area contributed by atoms with E-state index in [1.807, 2.05) is 6.92 Å². The van der Waals surface area contributed by atoms with Crippen LogP contribution in [0.2, 0.25) is 0 Å². The number of rotatable bonds is 4. The fourth-order valence-corrected chi connectivity index (χ4v) is 1.43. The average Bonchev–Trinajstić information content (AvgIpc) is 2.28. The number of phenolic OH excluding ortho intramolecular Hbond substituents is 1. The van der Waals surface area contributed by atoms with Gasteiger partial charge < -0.3 is 15.6 Å². The van der Waals surface area contributed by atoms with Crippen molar-refractivity contribution >= 4 is 5.97 Å². The Kier molecular flexibility index (Phi) is 4.31. The number of carbonyl (C=O) groups is 1. The standard InChI is InChI=1S/C12H17NO3/c1-3-16-12(15)11(13)8(2)9-4-6-10(14)7-5-9/h4-8,11,14H,3,13H2,1-2H3/t8-,11-/m0/s1. The van der Waals surface area contributed by atoms with Crippen molar-refractivity contribution in [1.82, 2.24) is 0 Å². The molecular formula is C12H17NO3. The molecule has 0 bridgehead atoms. The summed E-state index contributed by atoms with van der Waals surface area (Å²) in [6.45, 7) is 3.93. The summed E-state index contributed by atoms with van der Waals surface area (Å²) < 4.78 is 4.86. The summed E-state index contributed by atoms with van der Waals surface area (Å²) in [5.41, 5.74) is 6.68. The van der Waals surface area contributed by atoms with E-state index in [-0.39, 0.29) is 11.7 Å². The topological polar surface area (TPSA) is 72.5 Å². The number of nitrogens with two attached hydrogens (primary N) is 1. The van der Waals surface area contributed by atoms with Crippen LogP contribution in [-0.2, 0) is 9.53 Å². The normalized spacial score (nSPS) is 14.2. The van der Waals surface area contributed by atoms with Crippen LogP contribution in [0.4, 0.5) is 0 Å². The molecule has 88 valence electrons. The molecular weight excluding hydrogens is 206 g/mol. The van der Waals surface area contributed by atoms with Crippen LogP contribution in [0.3, 0.4) is 0 Å². The van der Waals surface area contributed by atoms with Crippen molar-refractivity contribution in [3.8, 4) is 5.75 Å². The van der Waals surface area contributed by atoms with Crippen molar-refractivity contribution in [3.63, 3.8) is 0 Å². The Hall–Kier alpha value is -1.55. The lowest BCUT2D eigenvalue weighted by Gasteiger charge is -2.18. The van der Waals surface area contributed by atoms with Crippen LogP contribution in [0.5, 0.6) is 5.75 Å². The molecule has 0 aliphatic rings. The summed E-state index contributed by atoms with van der Waals surface area (Å²) in [5.74, 6) is -0.344. The van der Waals surface area contributed by atoms with Crippen molar-refractivity contribution in [1.29, 1.82) is 0 Å². The predicted molar refractivity (Wildman–Crippen MR) is 61.1 cm³/mol. The number of hydrogen-bond donors (Lipinski definition) is 2. The Morgan fingerprint density at radius 1 is 1.44 bits per heavy atom. The fraction of sp³-hybridized carbons (Fsp3) is 0.417. The van der Waals surface area contributed by atoms with Crippen molar-refractivity contribution in [3.05, 3.63) is 29.8 Å². The Morgan fingerprint density at radius 3 is 2.50 bits per heavy atom. The Labute approximate surface area is 95.0 Å². The number of esters is 1. The highest BCUT2D eigenvalue weighted by Crippen LogP contribution is 2.21. The smallest absolute Gasteiger partial charge is 0.323 e. The molecule has 0 spiro atoms. The van der Waals surface area contributed by atoms with Gasteiger partial charge in [-0.3, -0.25) is 4.79 Å². The van der Waals surface area contributed by atoms with Crippen molar-refractivity contribution in [2.75, 3.05) is 6.61 Å². The lowest BCUT2D eigenvalue weighted by atomic mass is 9.94. The van der Waals surface area contributed by atoms with Crippen LogP contribution in [-0.4, -0.2) is 23.7 Å². The van der Waals surface area contributed by atoms with Gasteiger partial charge in [-0.15, -0.1) is 0 Å². The van der Waals surface area contributed by atoms with E-state index in [9.17, 15) is 4.79 Å². The first-order chi connectivity index (χ1) is 7.56. The third kappa shape index (κ3) is 2.97. The van der Waals surface area contributed by atoms with Gasteiger partial charge in [-0.1, -0.05) is 19.1 Å². The average molecular weight is 223 g/mol. The number of benzene rings is 1. The molecule has 4 heteroatoms. The van der Waals surface area contributed by atoms with Crippen molar-refractivity contribution < 1.29 is 14.6 Å². The van der Waals surface area contributed by atoms with E-state index in [0.717, 1.165) is 5.56 Å². The lowest BCUT2D eigenvalue weighted by molar-refractivity contribution is -0.145. The molecule has 4 nitrogen and oxygen atoms in total. The van der Waals surface area contributed by atoms with E-state index in [0.29, 0.717) is 6.61 Å². The molecule has 1 rings (SSSR count). The molecule has 0 aromatic heterocycles. The Balaban J connectivity index is 2.73. The minimum Gasteiger partial charge on any atom is -0.508 e. The maximum absolute atomic E-state index is 11.4. The van der Waals surface area contributed by atoms with E-state index in [1.54, 1.807) is 31.2 Å². The molecule has 0 aliphatic carbocycles. The molecule has 16 heavy (non-hydrogen) atoms. The zero-order valence-electron chi connectivity index (χ0n) is 9.51. The SMILES string of the molecule is CCOC(=O)[C@@H](N)[C@@H](C)c1ccc(O)cc1. The molecule has 1 aromatic rings.